The van der Waals surface area contributed by atoms with Crippen molar-refractivity contribution in [2.75, 3.05) is 0 Å². The Bertz CT molecular complexity index is 602. The number of nitrogens with zero attached hydrogens (tertiary/aromatic N) is 1. The van der Waals surface area contributed by atoms with E-state index in [0.29, 0.717) is 10.6 Å². The van der Waals surface area contributed by atoms with E-state index in [1.165, 1.54) is 17.3 Å². The number of carbonyl (C=O) groups excluding carboxylic acids is 1. The van der Waals surface area contributed by atoms with Crippen LogP contribution in [0.5, 0.6) is 0 Å². The van der Waals surface area contributed by atoms with Crippen LogP contribution in [0.2, 0.25) is 5.02 Å². The lowest BCUT2D eigenvalue weighted by Crippen LogP contribution is -2.35. The minimum Gasteiger partial charge on any atom is -0.349 e. The zero-order valence-electron chi connectivity index (χ0n) is 10.3. The molecule has 96 valence electrons. The highest BCUT2D eigenvalue weighted by molar-refractivity contribution is 6.33. The predicted molar refractivity (Wildman–Crippen MR) is 74.4 cm³/mol. The summed E-state index contributed by atoms with van der Waals surface area (Å²) in [6, 6.07) is 10.1. The van der Waals surface area contributed by atoms with Gasteiger partial charge in [-0.05, 0) is 30.0 Å². The number of hydrogen-bond donors (Lipinski definition) is 1. The van der Waals surface area contributed by atoms with E-state index in [1.807, 2.05) is 12.1 Å². The van der Waals surface area contributed by atoms with Crippen LogP contribution in [0.4, 0.5) is 0 Å². The molecule has 1 aromatic carbocycles. The summed E-state index contributed by atoms with van der Waals surface area (Å²) in [5.74, 6) is -0.134. The molecule has 1 aliphatic carbocycles. The van der Waals surface area contributed by atoms with Gasteiger partial charge in [-0.3, -0.25) is 9.78 Å². The average molecular weight is 273 g/mol. The van der Waals surface area contributed by atoms with Crippen LogP contribution in [-0.2, 0) is 12.8 Å². The Labute approximate surface area is 116 Å². The SMILES string of the molecule is O=C(NC1Cc2ccccc2C1)c1ccncc1Cl. The van der Waals surface area contributed by atoms with Crippen LogP contribution in [-0.4, -0.2) is 16.9 Å². The summed E-state index contributed by atoms with van der Waals surface area (Å²) < 4.78 is 0. The smallest absolute Gasteiger partial charge is 0.253 e. The summed E-state index contributed by atoms with van der Waals surface area (Å²) >= 11 is 5.97. The molecule has 0 atom stereocenters. The Morgan fingerprint density at radius 2 is 1.89 bits per heavy atom. The van der Waals surface area contributed by atoms with E-state index >= 15 is 0 Å². The maximum atomic E-state index is 12.1. The molecule has 0 fully saturated rings. The van der Waals surface area contributed by atoms with E-state index < -0.39 is 0 Å². The summed E-state index contributed by atoms with van der Waals surface area (Å²) in [4.78, 5) is 16.0. The van der Waals surface area contributed by atoms with E-state index in [0.717, 1.165) is 12.8 Å². The molecule has 1 aliphatic rings. The predicted octanol–water partition coefficient (Wildman–Crippen LogP) is 2.63. The standard InChI is InChI=1S/C15H13ClN2O/c16-14-9-17-6-5-13(14)15(19)18-12-7-10-3-1-2-4-11(10)8-12/h1-6,9,12H,7-8H2,(H,18,19). The Kier molecular flexibility index (Phi) is 3.22. The van der Waals surface area contributed by atoms with E-state index in [2.05, 4.69) is 22.4 Å². The molecular formula is C15H13ClN2O. The van der Waals surface area contributed by atoms with Gasteiger partial charge in [0.15, 0.2) is 0 Å². The summed E-state index contributed by atoms with van der Waals surface area (Å²) in [7, 11) is 0. The molecule has 0 saturated heterocycles. The number of pyridine rings is 1. The van der Waals surface area contributed by atoms with Gasteiger partial charge in [-0.25, -0.2) is 0 Å². The lowest BCUT2D eigenvalue weighted by Gasteiger charge is -2.12. The number of halogens is 1. The molecule has 0 spiro atoms. The number of fused-ring (bicyclic) bond motifs is 1. The zero-order chi connectivity index (χ0) is 13.2. The van der Waals surface area contributed by atoms with E-state index in [4.69, 9.17) is 11.6 Å². The van der Waals surface area contributed by atoms with Crippen LogP contribution in [0.25, 0.3) is 0 Å². The number of hydrogen-bond acceptors (Lipinski definition) is 2. The first-order chi connectivity index (χ1) is 9.24. The summed E-state index contributed by atoms with van der Waals surface area (Å²) in [6.07, 6.45) is 4.82. The van der Waals surface area contributed by atoms with Crippen molar-refractivity contribution in [2.24, 2.45) is 0 Å². The van der Waals surface area contributed by atoms with Gasteiger partial charge < -0.3 is 5.32 Å². The zero-order valence-corrected chi connectivity index (χ0v) is 11.0. The lowest BCUT2D eigenvalue weighted by molar-refractivity contribution is 0.0938. The first-order valence-electron chi connectivity index (χ1n) is 6.21. The molecular weight excluding hydrogens is 260 g/mol. The highest BCUT2D eigenvalue weighted by Gasteiger charge is 2.23. The quantitative estimate of drug-likeness (QED) is 0.913. The Morgan fingerprint density at radius 1 is 1.21 bits per heavy atom. The van der Waals surface area contributed by atoms with Gasteiger partial charge in [0.05, 0.1) is 10.6 Å². The fourth-order valence-corrected chi connectivity index (χ4v) is 2.69. The summed E-state index contributed by atoms with van der Waals surface area (Å²) in [5, 5.41) is 3.42. The third-order valence-corrected chi connectivity index (χ3v) is 3.70. The minimum absolute atomic E-state index is 0.134. The molecule has 0 radical (unpaired) electrons. The molecule has 3 nitrogen and oxygen atoms in total. The third-order valence-electron chi connectivity index (χ3n) is 3.40. The lowest BCUT2D eigenvalue weighted by atomic mass is 10.1. The normalized spacial score (nSPS) is 14.2. The first-order valence-corrected chi connectivity index (χ1v) is 6.59. The van der Waals surface area contributed by atoms with E-state index in [9.17, 15) is 4.79 Å². The Morgan fingerprint density at radius 3 is 2.53 bits per heavy atom. The number of nitrogens with one attached hydrogen (secondary N) is 1. The van der Waals surface area contributed by atoms with Crippen molar-refractivity contribution in [1.82, 2.24) is 10.3 Å². The number of rotatable bonds is 2. The van der Waals surface area contributed by atoms with Crippen LogP contribution < -0.4 is 5.32 Å². The summed E-state index contributed by atoms with van der Waals surface area (Å²) in [6.45, 7) is 0. The number of benzene rings is 1. The van der Waals surface area contributed by atoms with Crippen LogP contribution in [0, 0.1) is 0 Å². The maximum Gasteiger partial charge on any atom is 0.253 e. The fraction of sp³-hybridized carbons (Fsp3) is 0.200. The van der Waals surface area contributed by atoms with Crippen LogP contribution in [0.15, 0.2) is 42.7 Å². The molecule has 3 rings (SSSR count). The molecule has 0 saturated carbocycles. The summed E-state index contributed by atoms with van der Waals surface area (Å²) in [5.41, 5.74) is 3.11. The molecule has 1 N–H and O–H groups in total. The minimum atomic E-state index is -0.134. The van der Waals surface area contributed by atoms with Gasteiger partial charge in [-0.2, -0.15) is 0 Å². The van der Waals surface area contributed by atoms with Crippen molar-refractivity contribution < 1.29 is 4.79 Å². The number of carbonyl (C=O) groups is 1. The van der Waals surface area contributed by atoms with Gasteiger partial charge in [0, 0.05) is 18.4 Å². The van der Waals surface area contributed by atoms with Gasteiger partial charge in [0.2, 0.25) is 0 Å². The van der Waals surface area contributed by atoms with Gasteiger partial charge in [-0.1, -0.05) is 35.9 Å². The molecule has 4 heteroatoms. The number of amides is 1. The van der Waals surface area contributed by atoms with Crippen LogP contribution in [0.1, 0.15) is 21.5 Å². The van der Waals surface area contributed by atoms with Gasteiger partial charge in [-0.15, -0.1) is 0 Å². The third kappa shape index (κ3) is 2.47. The molecule has 1 heterocycles. The second kappa shape index (κ2) is 5.02. The molecule has 2 aromatic rings. The molecule has 0 aliphatic heterocycles. The highest BCUT2D eigenvalue weighted by atomic mass is 35.5. The highest BCUT2D eigenvalue weighted by Crippen LogP contribution is 2.22. The van der Waals surface area contributed by atoms with Crippen molar-refractivity contribution in [3.8, 4) is 0 Å². The first kappa shape index (κ1) is 12.2. The Hall–Kier alpha value is -1.87. The van der Waals surface area contributed by atoms with Crippen LogP contribution >= 0.6 is 11.6 Å². The van der Waals surface area contributed by atoms with Crippen molar-refractivity contribution in [2.45, 2.75) is 18.9 Å². The van der Waals surface area contributed by atoms with Crippen molar-refractivity contribution >= 4 is 17.5 Å². The van der Waals surface area contributed by atoms with Gasteiger partial charge in [0.25, 0.3) is 5.91 Å². The maximum absolute atomic E-state index is 12.1. The molecule has 1 aromatic heterocycles. The fourth-order valence-electron chi connectivity index (χ4n) is 2.48. The largest absolute Gasteiger partial charge is 0.349 e. The average Bonchev–Trinajstić information content (AvgIpc) is 2.81. The molecule has 19 heavy (non-hydrogen) atoms. The van der Waals surface area contributed by atoms with E-state index in [1.54, 1.807) is 12.3 Å². The van der Waals surface area contributed by atoms with E-state index in [-0.39, 0.29) is 11.9 Å². The Balaban J connectivity index is 1.71. The second-order valence-electron chi connectivity index (χ2n) is 4.70. The molecule has 0 unspecified atom stereocenters. The van der Waals surface area contributed by atoms with Crippen molar-refractivity contribution in [3.05, 3.63) is 64.4 Å². The van der Waals surface area contributed by atoms with Gasteiger partial charge >= 0.3 is 0 Å². The number of aromatic nitrogens is 1. The molecule has 0 bridgehead atoms. The topological polar surface area (TPSA) is 42.0 Å². The second-order valence-corrected chi connectivity index (χ2v) is 5.11. The van der Waals surface area contributed by atoms with Gasteiger partial charge in [0.1, 0.15) is 0 Å². The molecule has 1 amide bonds. The van der Waals surface area contributed by atoms with Crippen molar-refractivity contribution in [1.29, 1.82) is 0 Å². The monoisotopic (exact) mass is 272 g/mol. The van der Waals surface area contributed by atoms with Crippen molar-refractivity contribution in [3.63, 3.8) is 0 Å². The van der Waals surface area contributed by atoms with Crippen LogP contribution in [0.3, 0.4) is 0 Å².